The summed E-state index contributed by atoms with van der Waals surface area (Å²) in [5.74, 6) is 0. The molecule has 0 heterocycles. The highest BCUT2D eigenvalue weighted by atomic mass is 15.1. The van der Waals surface area contributed by atoms with Crippen LogP contribution in [0.5, 0.6) is 0 Å². The van der Waals surface area contributed by atoms with E-state index in [0.717, 1.165) is 6.42 Å². The fraction of sp³-hybridized carbons (Fsp3) is 0.600. The number of hydrogen-bond acceptors (Lipinski definition) is 1. The number of allylic oxidation sites excluding steroid dienone is 3. The topological polar surface area (TPSA) is 3.24 Å². The molecule has 0 saturated carbocycles. The Balaban J connectivity index is 4.38. The molecule has 0 aliphatic heterocycles. The van der Waals surface area contributed by atoms with Crippen molar-refractivity contribution in [2.24, 2.45) is 0 Å². The van der Waals surface area contributed by atoms with Gasteiger partial charge in [-0.3, -0.25) is 0 Å². The van der Waals surface area contributed by atoms with Gasteiger partial charge in [-0.2, -0.15) is 0 Å². The zero-order chi connectivity index (χ0) is 8.85. The molecule has 0 radical (unpaired) electrons. The normalized spacial score (nSPS) is 10.3. The van der Waals surface area contributed by atoms with E-state index in [2.05, 4.69) is 51.9 Å². The summed E-state index contributed by atoms with van der Waals surface area (Å²) in [5.41, 5.74) is 2.67. The molecule has 0 aliphatic carbocycles. The third kappa shape index (κ3) is 3.87. The van der Waals surface area contributed by atoms with E-state index in [0.29, 0.717) is 0 Å². The minimum absolute atomic E-state index is 1.10. The van der Waals surface area contributed by atoms with E-state index in [1.165, 1.54) is 11.3 Å². The summed E-state index contributed by atoms with van der Waals surface area (Å²) in [6.45, 7) is 6.42. The maximum absolute atomic E-state index is 2.18. The molecule has 0 amide bonds. The first-order chi connectivity index (χ1) is 5.09. The number of likely N-dealkylation sites (N-methyl/N-ethyl adjacent to an activating group) is 1. The molecule has 0 spiro atoms. The Bertz CT molecular complexity index is 160. The minimum Gasteiger partial charge on any atom is -0.378 e. The fourth-order valence-corrected chi connectivity index (χ4v) is 0.992. The molecule has 0 fully saturated rings. The van der Waals surface area contributed by atoms with Gasteiger partial charge >= 0.3 is 0 Å². The van der Waals surface area contributed by atoms with Crippen molar-refractivity contribution < 1.29 is 0 Å². The summed E-state index contributed by atoms with van der Waals surface area (Å²) in [6, 6.07) is 0. The van der Waals surface area contributed by atoms with Crippen molar-refractivity contribution in [1.29, 1.82) is 0 Å². The van der Waals surface area contributed by atoms with Crippen LogP contribution in [0.25, 0.3) is 0 Å². The van der Waals surface area contributed by atoms with Crippen molar-refractivity contribution in [3.63, 3.8) is 0 Å². The lowest BCUT2D eigenvalue weighted by molar-refractivity contribution is 0.523. The summed E-state index contributed by atoms with van der Waals surface area (Å²) < 4.78 is 0. The molecule has 0 aromatic rings. The zero-order valence-electron chi connectivity index (χ0n) is 8.31. The molecule has 0 saturated heterocycles. The average molecular weight is 153 g/mol. The summed E-state index contributed by atoms with van der Waals surface area (Å²) in [5, 5.41) is 0. The molecule has 11 heavy (non-hydrogen) atoms. The molecule has 0 rings (SSSR count). The van der Waals surface area contributed by atoms with E-state index in [-0.39, 0.29) is 0 Å². The molecule has 0 aromatic heterocycles. The lowest BCUT2D eigenvalue weighted by Crippen LogP contribution is -2.10. The smallest absolute Gasteiger partial charge is 0.0344 e. The van der Waals surface area contributed by atoms with Crippen LogP contribution in [0.3, 0.4) is 0 Å². The maximum Gasteiger partial charge on any atom is 0.0344 e. The summed E-state index contributed by atoms with van der Waals surface area (Å²) >= 11 is 0. The lowest BCUT2D eigenvalue weighted by Gasteiger charge is -2.15. The van der Waals surface area contributed by atoms with Crippen LogP contribution in [-0.4, -0.2) is 19.0 Å². The molecule has 1 heteroatoms. The molecule has 0 bridgehead atoms. The van der Waals surface area contributed by atoms with Crippen LogP contribution in [0.15, 0.2) is 23.4 Å². The van der Waals surface area contributed by atoms with Crippen LogP contribution in [0.1, 0.15) is 27.2 Å². The molecule has 0 aliphatic rings. The second kappa shape index (κ2) is 5.00. The second-order valence-electron chi connectivity index (χ2n) is 3.09. The van der Waals surface area contributed by atoms with Gasteiger partial charge in [-0.1, -0.05) is 18.6 Å². The minimum atomic E-state index is 1.10. The van der Waals surface area contributed by atoms with Gasteiger partial charge in [-0.05, 0) is 26.3 Å². The van der Waals surface area contributed by atoms with Crippen LogP contribution < -0.4 is 0 Å². The molecule has 1 nitrogen and oxygen atoms in total. The highest BCUT2D eigenvalue weighted by molar-refractivity contribution is 5.21. The zero-order valence-corrected chi connectivity index (χ0v) is 8.31. The molecule has 0 N–H and O–H groups in total. The summed E-state index contributed by atoms with van der Waals surface area (Å²) in [4.78, 5) is 2.14. The predicted molar refractivity (Wildman–Crippen MR) is 51.5 cm³/mol. The van der Waals surface area contributed by atoms with Crippen LogP contribution >= 0.6 is 0 Å². The van der Waals surface area contributed by atoms with Crippen LogP contribution in [0.2, 0.25) is 0 Å². The van der Waals surface area contributed by atoms with E-state index >= 15 is 0 Å². The van der Waals surface area contributed by atoms with E-state index in [4.69, 9.17) is 0 Å². The van der Waals surface area contributed by atoms with Gasteiger partial charge in [0.05, 0.1) is 0 Å². The van der Waals surface area contributed by atoms with E-state index in [1.54, 1.807) is 0 Å². The molecular weight excluding hydrogens is 134 g/mol. The third-order valence-corrected chi connectivity index (χ3v) is 1.51. The number of rotatable bonds is 3. The Morgan fingerprint density at radius 2 is 1.82 bits per heavy atom. The van der Waals surface area contributed by atoms with Crippen molar-refractivity contribution in [2.75, 3.05) is 14.1 Å². The van der Waals surface area contributed by atoms with E-state index in [9.17, 15) is 0 Å². The van der Waals surface area contributed by atoms with Gasteiger partial charge in [-0.15, -0.1) is 0 Å². The maximum atomic E-state index is 2.18. The fourth-order valence-electron chi connectivity index (χ4n) is 0.992. The Hall–Kier alpha value is -0.720. The van der Waals surface area contributed by atoms with Crippen molar-refractivity contribution in [3.8, 4) is 0 Å². The first-order valence-electron chi connectivity index (χ1n) is 4.11. The highest BCUT2D eigenvalue weighted by Gasteiger charge is 1.95. The summed E-state index contributed by atoms with van der Waals surface area (Å²) in [6.07, 6.45) is 5.46. The molecule has 0 aromatic carbocycles. The first-order valence-corrected chi connectivity index (χ1v) is 4.11. The molecule has 0 unspecified atom stereocenters. The Morgan fingerprint density at radius 1 is 1.27 bits per heavy atom. The van der Waals surface area contributed by atoms with Gasteiger partial charge < -0.3 is 4.90 Å². The Kier molecular flexibility index (Phi) is 4.67. The Morgan fingerprint density at radius 3 is 2.09 bits per heavy atom. The van der Waals surface area contributed by atoms with Gasteiger partial charge in [0.2, 0.25) is 0 Å². The van der Waals surface area contributed by atoms with Crippen molar-refractivity contribution in [2.45, 2.75) is 27.2 Å². The van der Waals surface area contributed by atoms with Crippen molar-refractivity contribution in [3.05, 3.63) is 23.4 Å². The van der Waals surface area contributed by atoms with Gasteiger partial charge in [0.25, 0.3) is 0 Å². The number of hydrogen-bond donors (Lipinski definition) is 0. The second-order valence-corrected chi connectivity index (χ2v) is 3.09. The van der Waals surface area contributed by atoms with Crippen LogP contribution in [-0.2, 0) is 0 Å². The van der Waals surface area contributed by atoms with Gasteiger partial charge in [-0.25, -0.2) is 0 Å². The number of nitrogens with zero attached hydrogens (tertiary/aromatic N) is 1. The van der Waals surface area contributed by atoms with Gasteiger partial charge in [0.15, 0.2) is 0 Å². The highest BCUT2D eigenvalue weighted by Crippen LogP contribution is 2.07. The molecule has 0 atom stereocenters. The van der Waals surface area contributed by atoms with Gasteiger partial charge in [0, 0.05) is 19.8 Å². The van der Waals surface area contributed by atoms with Crippen LogP contribution in [0.4, 0.5) is 0 Å². The SMILES string of the molecule is CC/C=C\C(=C(C)C)N(C)C. The average Bonchev–Trinajstić information content (AvgIpc) is 1.87. The molecular formula is C10H19N. The van der Waals surface area contributed by atoms with Crippen molar-refractivity contribution in [1.82, 2.24) is 4.90 Å². The van der Waals surface area contributed by atoms with Gasteiger partial charge in [0.1, 0.15) is 0 Å². The lowest BCUT2D eigenvalue weighted by atomic mass is 10.2. The summed E-state index contributed by atoms with van der Waals surface area (Å²) in [7, 11) is 4.14. The Labute approximate surface area is 70.4 Å². The molecule has 64 valence electrons. The van der Waals surface area contributed by atoms with Crippen molar-refractivity contribution >= 4 is 0 Å². The van der Waals surface area contributed by atoms with Crippen LogP contribution in [0, 0.1) is 0 Å². The standard InChI is InChI=1S/C10H19N/c1-6-7-8-10(9(2)3)11(4)5/h7-8H,6H2,1-5H3/b8-7-. The van der Waals surface area contributed by atoms with E-state index in [1.807, 2.05) is 0 Å². The predicted octanol–water partition coefficient (Wildman–Crippen LogP) is 2.81. The van der Waals surface area contributed by atoms with E-state index < -0.39 is 0 Å². The monoisotopic (exact) mass is 153 g/mol. The first kappa shape index (κ1) is 10.3. The third-order valence-electron chi connectivity index (χ3n) is 1.51. The largest absolute Gasteiger partial charge is 0.378 e. The quantitative estimate of drug-likeness (QED) is 0.563.